The molecule has 0 radical (unpaired) electrons. The van der Waals surface area contributed by atoms with Gasteiger partial charge in [0, 0.05) is 36.9 Å². The van der Waals surface area contributed by atoms with Crippen LogP contribution in [0.15, 0.2) is 53.8 Å². The van der Waals surface area contributed by atoms with Crippen LogP contribution in [0, 0.1) is 6.92 Å². The molecule has 132 valence electrons. The van der Waals surface area contributed by atoms with E-state index in [1.165, 1.54) is 22.0 Å². The minimum Gasteiger partial charge on any atom is -0.361 e. The van der Waals surface area contributed by atoms with Gasteiger partial charge in [-0.1, -0.05) is 18.2 Å². The van der Waals surface area contributed by atoms with Crippen molar-refractivity contribution >= 4 is 40.8 Å². The number of halogens is 1. The zero-order valence-corrected chi connectivity index (χ0v) is 16.9. The summed E-state index contributed by atoms with van der Waals surface area (Å²) in [6.45, 7) is 3.64. The fourth-order valence-corrected chi connectivity index (χ4v) is 2.86. The van der Waals surface area contributed by atoms with E-state index < -0.39 is 0 Å². The molecule has 6 heteroatoms. The number of fused-ring (bicyclic) bond motifs is 1. The van der Waals surface area contributed by atoms with Gasteiger partial charge in [-0.25, -0.2) is 0 Å². The summed E-state index contributed by atoms with van der Waals surface area (Å²) in [5.74, 6) is 0.789. The topological polar surface area (TPSA) is 65.1 Å². The van der Waals surface area contributed by atoms with Crippen molar-refractivity contribution in [3.8, 4) is 0 Å². The minimum atomic E-state index is 0. The molecule has 2 heterocycles. The second-order valence-corrected chi connectivity index (χ2v) is 5.74. The first-order valence-corrected chi connectivity index (χ1v) is 8.18. The third-order valence-electron chi connectivity index (χ3n) is 4.07. The number of aryl methyl sites for hydroxylation is 1. The lowest BCUT2D eigenvalue weighted by atomic mass is 10.1. The Kier molecular flexibility index (Phi) is 7.24. The fraction of sp³-hybridized carbons (Fsp3) is 0.263. The van der Waals surface area contributed by atoms with Crippen LogP contribution in [0.3, 0.4) is 0 Å². The molecular formula is C19H24IN5. The van der Waals surface area contributed by atoms with Crippen molar-refractivity contribution in [3.63, 3.8) is 0 Å². The zero-order valence-electron chi connectivity index (χ0n) is 14.5. The van der Waals surface area contributed by atoms with E-state index in [9.17, 15) is 0 Å². The maximum absolute atomic E-state index is 4.30. The van der Waals surface area contributed by atoms with Gasteiger partial charge in [-0.15, -0.1) is 24.0 Å². The van der Waals surface area contributed by atoms with Gasteiger partial charge in [-0.2, -0.15) is 0 Å². The molecule has 0 atom stereocenters. The Labute approximate surface area is 165 Å². The zero-order chi connectivity index (χ0) is 16.8. The molecule has 3 aromatic rings. The summed E-state index contributed by atoms with van der Waals surface area (Å²) in [5, 5.41) is 7.97. The average molecular weight is 449 g/mol. The Balaban J connectivity index is 0.00000225. The number of hydrogen-bond donors (Lipinski definition) is 3. The van der Waals surface area contributed by atoms with E-state index in [0.29, 0.717) is 6.54 Å². The molecule has 0 aliphatic carbocycles. The van der Waals surface area contributed by atoms with Crippen molar-refractivity contribution in [1.82, 2.24) is 20.6 Å². The maximum atomic E-state index is 4.30. The number of rotatable bonds is 5. The monoisotopic (exact) mass is 449 g/mol. The SMILES string of the molecule is CN=C(NCCc1c[nH]c2cccc(C)c12)NCc1ccccn1.I. The van der Waals surface area contributed by atoms with Crippen molar-refractivity contribution in [2.45, 2.75) is 19.9 Å². The number of hydrogen-bond acceptors (Lipinski definition) is 2. The summed E-state index contributed by atoms with van der Waals surface area (Å²) in [7, 11) is 1.78. The Hall–Kier alpha value is -2.09. The standard InChI is InChI=1S/C19H23N5.HI/c1-14-6-5-8-17-18(14)15(12-23-17)9-11-22-19(20-2)24-13-16-7-3-4-10-21-16;/h3-8,10,12,23H,9,11,13H2,1-2H3,(H2,20,22,24);1H. The molecular weight excluding hydrogens is 425 g/mol. The minimum absolute atomic E-state index is 0. The third kappa shape index (κ3) is 4.94. The first-order valence-electron chi connectivity index (χ1n) is 8.18. The molecule has 0 aliphatic heterocycles. The van der Waals surface area contributed by atoms with Gasteiger partial charge in [0.1, 0.15) is 0 Å². The maximum Gasteiger partial charge on any atom is 0.191 e. The molecule has 3 N–H and O–H groups in total. The number of nitrogens with zero attached hydrogens (tertiary/aromatic N) is 2. The van der Waals surface area contributed by atoms with E-state index >= 15 is 0 Å². The lowest BCUT2D eigenvalue weighted by Crippen LogP contribution is -2.38. The molecule has 2 aromatic heterocycles. The predicted molar refractivity (Wildman–Crippen MR) is 115 cm³/mol. The van der Waals surface area contributed by atoms with E-state index in [4.69, 9.17) is 0 Å². The number of pyridine rings is 1. The van der Waals surface area contributed by atoms with Crippen molar-refractivity contribution < 1.29 is 0 Å². The van der Waals surface area contributed by atoms with Crippen molar-refractivity contribution in [3.05, 3.63) is 65.6 Å². The summed E-state index contributed by atoms with van der Waals surface area (Å²) >= 11 is 0. The second-order valence-electron chi connectivity index (χ2n) is 5.74. The Bertz CT molecular complexity index is 826. The van der Waals surface area contributed by atoms with Gasteiger partial charge in [-0.3, -0.25) is 9.98 Å². The van der Waals surface area contributed by atoms with E-state index in [1.54, 1.807) is 13.2 Å². The van der Waals surface area contributed by atoms with E-state index in [1.807, 2.05) is 18.2 Å². The van der Waals surface area contributed by atoms with Gasteiger partial charge in [0.2, 0.25) is 0 Å². The Morgan fingerprint density at radius 3 is 2.80 bits per heavy atom. The van der Waals surface area contributed by atoms with Gasteiger partial charge < -0.3 is 15.6 Å². The van der Waals surface area contributed by atoms with Crippen molar-refractivity contribution in [1.29, 1.82) is 0 Å². The predicted octanol–water partition coefficient (Wildman–Crippen LogP) is 3.40. The Morgan fingerprint density at radius 2 is 2.04 bits per heavy atom. The highest BCUT2D eigenvalue weighted by Gasteiger charge is 2.06. The summed E-state index contributed by atoms with van der Waals surface area (Å²) in [6, 6.07) is 12.3. The van der Waals surface area contributed by atoms with Crippen LogP contribution >= 0.6 is 24.0 Å². The summed E-state index contributed by atoms with van der Waals surface area (Å²) in [5.41, 5.74) is 4.83. The lowest BCUT2D eigenvalue weighted by molar-refractivity contribution is 0.785. The largest absolute Gasteiger partial charge is 0.361 e. The third-order valence-corrected chi connectivity index (χ3v) is 4.07. The molecule has 3 rings (SSSR count). The summed E-state index contributed by atoms with van der Waals surface area (Å²) in [4.78, 5) is 11.9. The number of aromatic amines is 1. The second kappa shape index (κ2) is 9.41. The first kappa shape index (κ1) is 19.2. The van der Waals surface area contributed by atoms with Crippen LogP contribution < -0.4 is 10.6 Å². The highest BCUT2D eigenvalue weighted by Crippen LogP contribution is 2.22. The number of nitrogens with one attached hydrogen (secondary N) is 3. The van der Waals surface area contributed by atoms with Gasteiger partial charge in [0.05, 0.1) is 12.2 Å². The van der Waals surface area contributed by atoms with Gasteiger partial charge in [-0.05, 0) is 42.7 Å². The average Bonchev–Trinajstić information content (AvgIpc) is 3.03. The molecule has 0 saturated heterocycles. The molecule has 25 heavy (non-hydrogen) atoms. The molecule has 0 bridgehead atoms. The number of benzene rings is 1. The number of aliphatic imine (C=N–C) groups is 1. The van der Waals surface area contributed by atoms with Crippen LogP contribution in [-0.4, -0.2) is 29.5 Å². The molecule has 0 unspecified atom stereocenters. The van der Waals surface area contributed by atoms with Crippen LogP contribution in [0.5, 0.6) is 0 Å². The van der Waals surface area contributed by atoms with E-state index in [0.717, 1.165) is 24.6 Å². The van der Waals surface area contributed by atoms with Gasteiger partial charge in [0.15, 0.2) is 5.96 Å². The van der Waals surface area contributed by atoms with Crippen LogP contribution in [0.25, 0.3) is 10.9 Å². The molecule has 1 aromatic carbocycles. The van der Waals surface area contributed by atoms with Crippen LogP contribution in [0.4, 0.5) is 0 Å². The van der Waals surface area contributed by atoms with Crippen LogP contribution in [0.1, 0.15) is 16.8 Å². The molecule has 0 fully saturated rings. The van der Waals surface area contributed by atoms with Gasteiger partial charge >= 0.3 is 0 Å². The lowest BCUT2D eigenvalue weighted by Gasteiger charge is -2.11. The van der Waals surface area contributed by atoms with Crippen molar-refractivity contribution in [2.75, 3.05) is 13.6 Å². The van der Waals surface area contributed by atoms with Crippen LogP contribution in [-0.2, 0) is 13.0 Å². The van der Waals surface area contributed by atoms with Gasteiger partial charge in [0.25, 0.3) is 0 Å². The molecule has 0 spiro atoms. The number of guanidine groups is 1. The number of H-pyrrole nitrogens is 1. The number of aromatic nitrogens is 2. The fourth-order valence-electron chi connectivity index (χ4n) is 2.86. The molecule has 0 amide bonds. The summed E-state index contributed by atoms with van der Waals surface area (Å²) < 4.78 is 0. The quantitative estimate of drug-likeness (QED) is 0.318. The Morgan fingerprint density at radius 1 is 1.16 bits per heavy atom. The van der Waals surface area contributed by atoms with Crippen molar-refractivity contribution in [2.24, 2.45) is 4.99 Å². The highest BCUT2D eigenvalue weighted by molar-refractivity contribution is 14.0. The first-order chi connectivity index (χ1) is 11.8. The van der Waals surface area contributed by atoms with E-state index in [2.05, 4.69) is 56.9 Å². The summed E-state index contributed by atoms with van der Waals surface area (Å²) in [6.07, 6.45) is 4.84. The molecule has 5 nitrogen and oxygen atoms in total. The molecule has 0 aliphatic rings. The normalized spacial score (nSPS) is 11.2. The smallest absolute Gasteiger partial charge is 0.191 e. The highest BCUT2D eigenvalue weighted by atomic mass is 127. The van der Waals surface area contributed by atoms with E-state index in [-0.39, 0.29) is 24.0 Å². The molecule has 0 saturated carbocycles. The van der Waals surface area contributed by atoms with Crippen LogP contribution in [0.2, 0.25) is 0 Å².